The Labute approximate surface area is 188 Å². The number of anilines is 2. The third-order valence-corrected chi connectivity index (χ3v) is 7.90. The van der Waals surface area contributed by atoms with Crippen LogP contribution in [0.3, 0.4) is 0 Å². The molecule has 0 saturated carbocycles. The molecule has 0 unspecified atom stereocenters. The molecule has 0 aromatic heterocycles. The second-order valence-electron chi connectivity index (χ2n) is 8.14. The second kappa shape index (κ2) is 10.1. The average molecular weight is 467 g/mol. The van der Waals surface area contributed by atoms with Crippen molar-refractivity contribution in [2.24, 2.45) is 0 Å². The van der Waals surface area contributed by atoms with Gasteiger partial charge in [0.1, 0.15) is 6.61 Å². The van der Waals surface area contributed by atoms with Crippen LogP contribution in [0.2, 0.25) is 0 Å². The zero-order valence-corrected chi connectivity index (χ0v) is 18.9. The summed E-state index contributed by atoms with van der Waals surface area (Å²) in [5, 5.41) is 2.88. The van der Waals surface area contributed by atoms with Gasteiger partial charge in [0.2, 0.25) is 15.9 Å². The third kappa shape index (κ3) is 5.16. The first-order chi connectivity index (χ1) is 15.4. The van der Waals surface area contributed by atoms with Crippen LogP contribution < -0.4 is 10.2 Å². The Hall–Kier alpha value is -2.37. The molecule has 3 heterocycles. The van der Waals surface area contributed by atoms with E-state index in [0.29, 0.717) is 58.2 Å². The van der Waals surface area contributed by atoms with Crippen molar-refractivity contribution in [3.8, 4) is 0 Å². The van der Waals surface area contributed by atoms with Gasteiger partial charge in [0.15, 0.2) is 0 Å². The van der Waals surface area contributed by atoms with Gasteiger partial charge in [-0.15, -0.1) is 0 Å². The highest BCUT2D eigenvalue weighted by molar-refractivity contribution is 7.89. The van der Waals surface area contributed by atoms with Crippen LogP contribution in [-0.2, 0) is 24.3 Å². The first kappa shape index (κ1) is 22.8. The predicted molar refractivity (Wildman–Crippen MR) is 118 cm³/mol. The number of morpholine rings is 1. The number of rotatable bonds is 7. The minimum Gasteiger partial charge on any atom is -0.448 e. The molecule has 10 nitrogen and oxygen atoms in total. The van der Waals surface area contributed by atoms with Gasteiger partial charge in [0, 0.05) is 39.1 Å². The second-order valence-corrected chi connectivity index (χ2v) is 10.1. The summed E-state index contributed by atoms with van der Waals surface area (Å²) >= 11 is 0. The SMILES string of the molecule is O=C(CCN1CCOC1=O)Nc1cc(S(=O)(=O)N2CCCCC2)ccc1N1CCOCC1. The Morgan fingerprint density at radius 3 is 2.44 bits per heavy atom. The molecule has 2 amide bonds. The van der Waals surface area contributed by atoms with Gasteiger partial charge < -0.3 is 24.6 Å². The molecule has 1 aromatic rings. The van der Waals surface area contributed by atoms with E-state index in [4.69, 9.17) is 9.47 Å². The van der Waals surface area contributed by atoms with Crippen molar-refractivity contribution in [3.05, 3.63) is 18.2 Å². The summed E-state index contributed by atoms with van der Waals surface area (Å²) in [6.07, 6.45) is 2.43. The molecule has 0 spiro atoms. The quantitative estimate of drug-likeness (QED) is 0.648. The highest BCUT2D eigenvalue weighted by Gasteiger charge is 2.28. The molecule has 3 aliphatic heterocycles. The van der Waals surface area contributed by atoms with E-state index in [1.807, 2.05) is 0 Å². The fourth-order valence-corrected chi connectivity index (χ4v) is 5.73. The molecule has 176 valence electrons. The fraction of sp³-hybridized carbons (Fsp3) is 0.619. The summed E-state index contributed by atoms with van der Waals surface area (Å²) in [5.74, 6) is -0.285. The van der Waals surface area contributed by atoms with Crippen molar-refractivity contribution >= 4 is 33.4 Å². The molecule has 0 aliphatic carbocycles. The van der Waals surface area contributed by atoms with Gasteiger partial charge in [-0.25, -0.2) is 13.2 Å². The van der Waals surface area contributed by atoms with E-state index in [1.165, 1.54) is 9.21 Å². The number of nitrogens with one attached hydrogen (secondary N) is 1. The predicted octanol–water partition coefficient (Wildman–Crippen LogP) is 1.48. The number of amides is 2. The molecule has 11 heteroatoms. The Morgan fingerprint density at radius 2 is 1.75 bits per heavy atom. The number of piperidine rings is 1. The maximum Gasteiger partial charge on any atom is 0.409 e. The number of carbonyl (C=O) groups is 2. The van der Waals surface area contributed by atoms with Gasteiger partial charge in [-0.3, -0.25) is 4.79 Å². The number of sulfonamides is 1. The van der Waals surface area contributed by atoms with Crippen LogP contribution in [0.4, 0.5) is 16.2 Å². The standard InChI is InChI=1S/C21H30N4O6S/c26-20(6-9-24-12-15-31-21(24)27)22-18-16-17(32(28,29)25-7-2-1-3-8-25)4-5-19(18)23-10-13-30-14-11-23/h4-5,16H,1-3,6-15H2,(H,22,26). The number of nitrogens with zero attached hydrogens (tertiary/aromatic N) is 3. The normalized spacial score (nSPS) is 20.3. The van der Waals surface area contributed by atoms with Gasteiger partial charge in [-0.05, 0) is 31.0 Å². The zero-order chi connectivity index (χ0) is 22.6. The maximum atomic E-state index is 13.2. The highest BCUT2D eigenvalue weighted by Crippen LogP contribution is 2.31. The lowest BCUT2D eigenvalue weighted by molar-refractivity contribution is -0.116. The van der Waals surface area contributed by atoms with E-state index in [0.717, 1.165) is 24.9 Å². The number of hydrogen-bond donors (Lipinski definition) is 1. The topological polar surface area (TPSA) is 108 Å². The maximum absolute atomic E-state index is 13.2. The highest BCUT2D eigenvalue weighted by atomic mass is 32.2. The number of carbonyl (C=O) groups excluding carboxylic acids is 2. The van der Waals surface area contributed by atoms with Gasteiger partial charge >= 0.3 is 6.09 Å². The van der Waals surface area contributed by atoms with Gasteiger partial charge in [0.05, 0.1) is 36.0 Å². The van der Waals surface area contributed by atoms with Crippen molar-refractivity contribution < 1.29 is 27.5 Å². The average Bonchev–Trinajstić information content (AvgIpc) is 3.23. The Morgan fingerprint density at radius 1 is 1.00 bits per heavy atom. The summed E-state index contributed by atoms with van der Waals surface area (Å²) in [7, 11) is -3.63. The van der Waals surface area contributed by atoms with Crippen LogP contribution in [0.1, 0.15) is 25.7 Å². The molecule has 1 N–H and O–H groups in total. The van der Waals surface area contributed by atoms with Crippen LogP contribution in [0.5, 0.6) is 0 Å². The monoisotopic (exact) mass is 466 g/mol. The molecular weight excluding hydrogens is 436 g/mol. The van der Waals surface area contributed by atoms with Crippen LogP contribution in [-0.4, -0.2) is 88.7 Å². The third-order valence-electron chi connectivity index (χ3n) is 6.00. The Bertz CT molecular complexity index is 942. The lowest BCUT2D eigenvalue weighted by Crippen LogP contribution is -2.37. The molecular formula is C21H30N4O6S. The summed E-state index contributed by atoms with van der Waals surface area (Å²) in [6, 6.07) is 4.93. The van der Waals surface area contributed by atoms with E-state index < -0.39 is 16.1 Å². The van der Waals surface area contributed by atoms with Gasteiger partial charge in [-0.1, -0.05) is 6.42 Å². The number of cyclic esters (lactones) is 1. The van der Waals surface area contributed by atoms with Crippen LogP contribution in [0.25, 0.3) is 0 Å². The summed E-state index contributed by atoms with van der Waals surface area (Å²) in [5.41, 5.74) is 1.22. The molecule has 0 radical (unpaired) electrons. The van der Waals surface area contributed by atoms with E-state index in [2.05, 4.69) is 10.2 Å². The lowest BCUT2D eigenvalue weighted by atomic mass is 10.2. The van der Waals surface area contributed by atoms with Gasteiger partial charge in [-0.2, -0.15) is 4.31 Å². The van der Waals surface area contributed by atoms with Crippen molar-refractivity contribution in [1.29, 1.82) is 0 Å². The first-order valence-corrected chi connectivity index (χ1v) is 12.6. The molecule has 0 atom stereocenters. The first-order valence-electron chi connectivity index (χ1n) is 11.1. The Balaban J connectivity index is 1.54. The van der Waals surface area contributed by atoms with Crippen LogP contribution in [0.15, 0.2) is 23.1 Å². The van der Waals surface area contributed by atoms with E-state index >= 15 is 0 Å². The summed E-state index contributed by atoms with van der Waals surface area (Å²) < 4.78 is 38.2. The molecule has 3 saturated heterocycles. The van der Waals surface area contributed by atoms with Crippen molar-refractivity contribution in [2.45, 2.75) is 30.6 Å². The Kier molecular flexibility index (Phi) is 7.17. The number of benzene rings is 1. The largest absolute Gasteiger partial charge is 0.448 e. The summed E-state index contributed by atoms with van der Waals surface area (Å²) in [4.78, 5) is 28.0. The van der Waals surface area contributed by atoms with Crippen molar-refractivity contribution in [2.75, 3.05) is 69.3 Å². The smallest absolute Gasteiger partial charge is 0.409 e. The lowest BCUT2D eigenvalue weighted by Gasteiger charge is -2.31. The van der Waals surface area contributed by atoms with Crippen LogP contribution in [0, 0.1) is 0 Å². The van der Waals surface area contributed by atoms with E-state index in [1.54, 1.807) is 18.2 Å². The minimum absolute atomic E-state index is 0.0980. The molecule has 3 aliphatic rings. The molecule has 3 fully saturated rings. The number of hydrogen-bond acceptors (Lipinski definition) is 7. The molecule has 1 aromatic carbocycles. The number of ether oxygens (including phenoxy) is 2. The molecule has 32 heavy (non-hydrogen) atoms. The van der Waals surface area contributed by atoms with Gasteiger partial charge in [0.25, 0.3) is 0 Å². The van der Waals surface area contributed by atoms with Crippen molar-refractivity contribution in [1.82, 2.24) is 9.21 Å². The zero-order valence-electron chi connectivity index (χ0n) is 18.1. The van der Waals surface area contributed by atoms with Crippen LogP contribution >= 0.6 is 0 Å². The molecule has 4 rings (SSSR count). The molecule has 0 bridgehead atoms. The van der Waals surface area contributed by atoms with Crippen molar-refractivity contribution in [3.63, 3.8) is 0 Å². The fourth-order valence-electron chi connectivity index (χ4n) is 4.19. The van der Waals surface area contributed by atoms with E-state index in [9.17, 15) is 18.0 Å². The van der Waals surface area contributed by atoms with E-state index in [-0.39, 0.29) is 23.8 Å². The summed E-state index contributed by atoms with van der Waals surface area (Å²) in [6.45, 7) is 4.52. The minimum atomic E-state index is -3.63.